The molecule has 8 heteroatoms. The summed E-state index contributed by atoms with van der Waals surface area (Å²) in [4.78, 5) is 33.9. The van der Waals surface area contributed by atoms with Crippen LogP contribution in [0.1, 0.15) is 40.0 Å². The number of rotatable bonds is 8. The zero-order valence-corrected chi connectivity index (χ0v) is 16.0. The van der Waals surface area contributed by atoms with Crippen LogP contribution in [0.25, 0.3) is 4.85 Å². The van der Waals surface area contributed by atoms with Gasteiger partial charge in [0, 0.05) is 5.88 Å². The molecular formula is C20H18ClN3O4. The number of pyridine rings is 1. The van der Waals surface area contributed by atoms with Crippen molar-refractivity contribution in [2.75, 3.05) is 24.5 Å². The number of hydrogen-bond acceptors (Lipinski definition) is 5. The minimum atomic E-state index is -0.483. The summed E-state index contributed by atoms with van der Waals surface area (Å²) in [5.41, 5.74) is 0.750. The van der Waals surface area contributed by atoms with E-state index < -0.39 is 11.8 Å². The highest BCUT2D eigenvalue weighted by Crippen LogP contribution is 2.36. The first-order valence-corrected chi connectivity index (χ1v) is 9.28. The molecule has 7 nitrogen and oxygen atoms in total. The van der Waals surface area contributed by atoms with Crippen molar-refractivity contribution in [1.82, 2.24) is 4.98 Å². The Morgan fingerprint density at radius 3 is 2.61 bits per heavy atom. The van der Waals surface area contributed by atoms with Crippen LogP contribution in [0.3, 0.4) is 0 Å². The van der Waals surface area contributed by atoms with Gasteiger partial charge in [-0.25, -0.2) is 4.90 Å². The van der Waals surface area contributed by atoms with Crippen LogP contribution in [0.15, 0.2) is 30.3 Å². The van der Waals surface area contributed by atoms with E-state index in [2.05, 4.69) is 9.83 Å². The van der Waals surface area contributed by atoms with Crippen molar-refractivity contribution >= 4 is 34.9 Å². The fourth-order valence-electron chi connectivity index (χ4n) is 2.90. The van der Waals surface area contributed by atoms with Gasteiger partial charge in [0.15, 0.2) is 0 Å². The summed E-state index contributed by atoms with van der Waals surface area (Å²) in [5, 5.41) is 0. The predicted molar refractivity (Wildman–Crippen MR) is 105 cm³/mol. The molecule has 0 fully saturated rings. The minimum absolute atomic E-state index is 0.0405. The van der Waals surface area contributed by atoms with E-state index in [0.29, 0.717) is 18.2 Å². The van der Waals surface area contributed by atoms with Gasteiger partial charge >= 0.3 is 5.88 Å². The van der Waals surface area contributed by atoms with Crippen LogP contribution in [0.4, 0.5) is 11.5 Å². The number of anilines is 1. The van der Waals surface area contributed by atoms with Gasteiger partial charge in [0.25, 0.3) is 17.6 Å². The highest BCUT2D eigenvalue weighted by atomic mass is 35.5. The number of amides is 2. The Morgan fingerprint density at radius 1 is 1.11 bits per heavy atom. The van der Waals surface area contributed by atoms with Gasteiger partial charge in [0.1, 0.15) is 11.4 Å². The molecule has 0 atom stereocenters. The minimum Gasteiger partial charge on any atom is -0.494 e. The quantitative estimate of drug-likeness (QED) is 0.287. The number of aromatic nitrogens is 1. The fraction of sp³-hybridized carbons (Fsp3) is 0.300. The lowest BCUT2D eigenvalue weighted by Crippen LogP contribution is -2.29. The number of unbranched alkanes of at least 4 members (excludes halogenated alkanes) is 2. The Kier molecular flexibility index (Phi) is 6.12. The predicted octanol–water partition coefficient (Wildman–Crippen LogP) is 4.23. The molecule has 2 aromatic rings. The summed E-state index contributed by atoms with van der Waals surface area (Å²) < 4.78 is 10.9. The van der Waals surface area contributed by atoms with E-state index >= 15 is 0 Å². The summed E-state index contributed by atoms with van der Waals surface area (Å²) in [6.07, 6.45) is 2.76. The SMILES string of the molecule is [C-]#[N+]c1ccc(N2C(=O)c3ccc(OCCCCCCl)cc3C2=O)c(OC)n1. The molecular weight excluding hydrogens is 382 g/mol. The number of carbonyl (C=O) groups excluding carboxylic acids is 2. The van der Waals surface area contributed by atoms with Gasteiger partial charge in [0.05, 0.1) is 24.8 Å². The monoisotopic (exact) mass is 399 g/mol. The number of methoxy groups -OCH3 is 1. The third kappa shape index (κ3) is 3.78. The first kappa shape index (κ1) is 19.6. The van der Waals surface area contributed by atoms with Gasteiger partial charge in [-0.3, -0.25) is 9.59 Å². The molecule has 28 heavy (non-hydrogen) atoms. The highest BCUT2D eigenvalue weighted by molar-refractivity contribution is 6.34. The second-order valence-electron chi connectivity index (χ2n) is 6.06. The van der Waals surface area contributed by atoms with E-state index in [0.717, 1.165) is 24.2 Å². The largest absolute Gasteiger partial charge is 0.494 e. The molecule has 3 rings (SSSR count). The van der Waals surface area contributed by atoms with Crippen LogP contribution >= 0.6 is 11.6 Å². The van der Waals surface area contributed by atoms with E-state index in [1.807, 2.05) is 0 Å². The van der Waals surface area contributed by atoms with E-state index in [9.17, 15) is 9.59 Å². The van der Waals surface area contributed by atoms with Gasteiger partial charge in [0.2, 0.25) is 0 Å². The van der Waals surface area contributed by atoms with Crippen LogP contribution < -0.4 is 14.4 Å². The van der Waals surface area contributed by atoms with Crippen LogP contribution in [0.5, 0.6) is 11.6 Å². The van der Waals surface area contributed by atoms with Crippen LogP contribution in [-0.4, -0.2) is 36.4 Å². The van der Waals surface area contributed by atoms with Crippen molar-refractivity contribution in [3.8, 4) is 11.6 Å². The third-order valence-corrected chi connectivity index (χ3v) is 4.55. The summed E-state index contributed by atoms with van der Waals surface area (Å²) in [6, 6.07) is 7.74. The number of imide groups is 1. The van der Waals surface area contributed by atoms with Crippen molar-refractivity contribution in [3.63, 3.8) is 0 Å². The second kappa shape index (κ2) is 8.72. The average molecular weight is 400 g/mol. The number of benzene rings is 1. The molecule has 0 saturated carbocycles. The first-order valence-electron chi connectivity index (χ1n) is 8.74. The summed E-state index contributed by atoms with van der Waals surface area (Å²) >= 11 is 5.65. The second-order valence-corrected chi connectivity index (χ2v) is 6.44. The summed E-state index contributed by atoms with van der Waals surface area (Å²) in [5.74, 6) is 0.356. The molecule has 0 unspecified atom stereocenters. The molecule has 0 radical (unpaired) electrons. The molecule has 0 bridgehead atoms. The van der Waals surface area contributed by atoms with Crippen LogP contribution in [-0.2, 0) is 0 Å². The third-order valence-electron chi connectivity index (χ3n) is 4.28. The van der Waals surface area contributed by atoms with E-state index in [-0.39, 0.29) is 28.5 Å². The van der Waals surface area contributed by atoms with Crippen molar-refractivity contribution in [3.05, 3.63) is 52.9 Å². The first-order chi connectivity index (χ1) is 13.6. The highest BCUT2D eigenvalue weighted by Gasteiger charge is 2.39. The average Bonchev–Trinajstić information content (AvgIpc) is 2.97. The molecule has 1 aromatic carbocycles. The van der Waals surface area contributed by atoms with Gasteiger partial charge < -0.3 is 14.3 Å². The van der Waals surface area contributed by atoms with Gasteiger partial charge in [-0.05, 0) is 49.6 Å². The van der Waals surface area contributed by atoms with Crippen molar-refractivity contribution in [2.45, 2.75) is 19.3 Å². The molecule has 144 valence electrons. The van der Waals surface area contributed by atoms with Crippen LogP contribution in [0.2, 0.25) is 0 Å². The fourth-order valence-corrected chi connectivity index (χ4v) is 3.09. The molecule has 1 aliphatic rings. The van der Waals surface area contributed by atoms with Gasteiger partial charge in [-0.1, -0.05) is 11.6 Å². The van der Waals surface area contributed by atoms with Crippen LogP contribution in [0, 0.1) is 6.57 Å². The Morgan fingerprint density at radius 2 is 1.89 bits per heavy atom. The Bertz CT molecular complexity index is 955. The molecule has 0 spiro atoms. The van der Waals surface area contributed by atoms with E-state index in [1.165, 1.54) is 19.2 Å². The normalized spacial score (nSPS) is 12.7. The smallest absolute Gasteiger partial charge is 0.334 e. The molecule has 2 heterocycles. The lowest BCUT2D eigenvalue weighted by atomic mass is 10.1. The molecule has 1 aliphatic heterocycles. The van der Waals surface area contributed by atoms with E-state index in [1.54, 1.807) is 18.2 Å². The standard InChI is InChI=1S/C20H18ClN3O4/c1-22-17-9-8-16(18(23-17)27-2)24-19(25)14-7-6-13(12-15(14)20(24)26)28-11-5-3-4-10-21/h6-9,12H,3-5,10-11H2,2H3. The maximum Gasteiger partial charge on any atom is 0.334 e. The number of alkyl halides is 1. The lowest BCUT2D eigenvalue weighted by Gasteiger charge is -2.14. The lowest BCUT2D eigenvalue weighted by molar-refractivity contribution is 0.0925. The maximum absolute atomic E-state index is 12.9. The van der Waals surface area contributed by atoms with Gasteiger partial charge in [-0.15, -0.1) is 11.6 Å². The molecule has 2 amide bonds. The Hall–Kier alpha value is -3.11. The molecule has 0 aliphatic carbocycles. The Balaban J connectivity index is 1.83. The number of halogens is 1. The number of hydrogen-bond donors (Lipinski definition) is 0. The number of carbonyl (C=O) groups is 2. The van der Waals surface area contributed by atoms with Crippen molar-refractivity contribution < 1.29 is 19.1 Å². The Labute approximate surface area is 167 Å². The molecule has 0 saturated heterocycles. The number of nitrogens with zero attached hydrogens (tertiary/aromatic N) is 3. The van der Waals surface area contributed by atoms with E-state index in [4.69, 9.17) is 27.6 Å². The maximum atomic E-state index is 12.9. The van der Waals surface area contributed by atoms with Crippen molar-refractivity contribution in [2.24, 2.45) is 0 Å². The molecule has 0 N–H and O–H groups in total. The van der Waals surface area contributed by atoms with Gasteiger partial charge in [-0.2, -0.15) is 0 Å². The topological polar surface area (TPSA) is 73.1 Å². The number of ether oxygens (including phenoxy) is 2. The zero-order valence-electron chi connectivity index (χ0n) is 15.3. The summed E-state index contributed by atoms with van der Waals surface area (Å²) in [6.45, 7) is 7.55. The summed E-state index contributed by atoms with van der Waals surface area (Å²) in [7, 11) is 1.37. The zero-order chi connectivity index (χ0) is 20.1. The molecule has 1 aromatic heterocycles. The van der Waals surface area contributed by atoms with Crippen molar-refractivity contribution in [1.29, 1.82) is 0 Å². The number of fused-ring (bicyclic) bond motifs is 1.